The van der Waals surface area contributed by atoms with Crippen molar-refractivity contribution in [1.29, 1.82) is 0 Å². The van der Waals surface area contributed by atoms with E-state index in [0.29, 0.717) is 0 Å². The minimum absolute atomic E-state index is 0.222. The van der Waals surface area contributed by atoms with Gasteiger partial charge in [-0.1, -0.05) is 123 Å². The summed E-state index contributed by atoms with van der Waals surface area (Å²) in [5, 5.41) is 10.1. The maximum atomic E-state index is 6.24. The summed E-state index contributed by atoms with van der Waals surface area (Å²) >= 11 is 0. The molecule has 0 N–H and O–H groups in total. The highest BCUT2D eigenvalue weighted by Gasteiger charge is 2.40. The molecule has 0 saturated carbocycles. The van der Waals surface area contributed by atoms with Gasteiger partial charge in [0.05, 0.1) is 5.69 Å². The molecule has 1 heterocycles. The topological polar surface area (TPSA) is 16.4 Å². The first-order valence-corrected chi connectivity index (χ1v) is 16.4. The zero-order chi connectivity index (χ0) is 31.3. The van der Waals surface area contributed by atoms with Gasteiger partial charge in [0.1, 0.15) is 11.2 Å². The molecule has 9 aromatic rings. The minimum atomic E-state index is -0.222. The standard InChI is InChI=1S/C45H31NO/c1-45(2)38-27-39(46(28-14-4-3-5-15-28)29-24-25-41-37(26-29)33-19-12-13-23-40(33)47-41)32-18-8-10-21-35(32)42(38)43-34-20-9-6-16-30(34)31-17-7-11-22-36(31)44(43)45/h3-27H,1-2H3. The molecule has 0 bridgehead atoms. The van der Waals surface area contributed by atoms with Gasteiger partial charge in [-0.25, -0.2) is 0 Å². The summed E-state index contributed by atoms with van der Waals surface area (Å²) < 4.78 is 6.24. The lowest BCUT2D eigenvalue weighted by atomic mass is 9.79. The van der Waals surface area contributed by atoms with Gasteiger partial charge in [-0.3, -0.25) is 0 Å². The van der Waals surface area contributed by atoms with Crippen LogP contribution in [0.15, 0.2) is 156 Å². The molecule has 0 unspecified atom stereocenters. The Bertz CT molecular complexity index is 2720. The zero-order valence-corrected chi connectivity index (χ0v) is 26.3. The normalized spacial score (nSPS) is 13.5. The van der Waals surface area contributed by atoms with Crippen LogP contribution in [0.2, 0.25) is 0 Å². The lowest BCUT2D eigenvalue weighted by Gasteiger charge is -2.30. The van der Waals surface area contributed by atoms with Gasteiger partial charge in [0, 0.05) is 32.9 Å². The Morgan fingerprint density at radius 2 is 0.979 bits per heavy atom. The van der Waals surface area contributed by atoms with Crippen LogP contribution in [-0.4, -0.2) is 0 Å². The monoisotopic (exact) mass is 601 g/mol. The fraction of sp³-hybridized carbons (Fsp3) is 0.0667. The summed E-state index contributed by atoms with van der Waals surface area (Å²) in [5.41, 5.74) is 10.5. The first-order valence-electron chi connectivity index (χ1n) is 16.4. The van der Waals surface area contributed by atoms with Crippen LogP contribution in [0.3, 0.4) is 0 Å². The predicted molar refractivity (Wildman–Crippen MR) is 198 cm³/mol. The van der Waals surface area contributed by atoms with Crippen molar-refractivity contribution in [3.8, 4) is 11.1 Å². The van der Waals surface area contributed by atoms with Crippen LogP contribution >= 0.6 is 0 Å². The van der Waals surface area contributed by atoms with Gasteiger partial charge in [-0.15, -0.1) is 0 Å². The third-order valence-corrected chi connectivity index (χ3v) is 10.4. The number of hydrogen-bond acceptors (Lipinski definition) is 2. The van der Waals surface area contributed by atoms with Crippen molar-refractivity contribution in [2.24, 2.45) is 0 Å². The molecule has 2 heteroatoms. The predicted octanol–water partition coefficient (Wildman–Crippen LogP) is 12.8. The van der Waals surface area contributed by atoms with Crippen LogP contribution < -0.4 is 4.90 Å². The highest BCUT2D eigenvalue weighted by Crippen LogP contribution is 2.58. The maximum Gasteiger partial charge on any atom is 0.135 e. The van der Waals surface area contributed by atoms with E-state index in [1.165, 1.54) is 60.3 Å². The Kier molecular flexibility index (Phi) is 5.37. The molecule has 0 aliphatic heterocycles. The van der Waals surface area contributed by atoms with Crippen LogP contribution in [-0.2, 0) is 5.41 Å². The van der Waals surface area contributed by atoms with Gasteiger partial charge in [-0.05, 0) is 91.6 Å². The lowest BCUT2D eigenvalue weighted by molar-refractivity contribution is 0.667. The van der Waals surface area contributed by atoms with E-state index >= 15 is 0 Å². The smallest absolute Gasteiger partial charge is 0.135 e. The second kappa shape index (κ2) is 9.57. The first kappa shape index (κ1) is 26.4. The van der Waals surface area contributed by atoms with Gasteiger partial charge >= 0.3 is 0 Å². The Labute approximate surface area is 273 Å². The van der Waals surface area contributed by atoms with Gasteiger partial charge < -0.3 is 9.32 Å². The van der Waals surface area contributed by atoms with Gasteiger partial charge in [-0.2, -0.15) is 0 Å². The first-order chi connectivity index (χ1) is 23.1. The van der Waals surface area contributed by atoms with Crippen molar-refractivity contribution in [2.75, 3.05) is 4.90 Å². The number of anilines is 3. The van der Waals surface area contributed by atoms with Gasteiger partial charge in [0.15, 0.2) is 0 Å². The molecule has 222 valence electrons. The summed E-state index contributed by atoms with van der Waals surface area (Å²) in [5.74, 6) is 0. The van der Waals surface area contributed by atoms with Crippen molar-refractivity contribution < 1.29 is 4.42 Å². The molecule has 1 aromatic heterocycles. The quantitative estimate of drug-likeness (QED) is 0.187. The molecular weight excluding hydrogens is 571 g/mol. The van der Waals surface area contributed by atoms with Crippen molar-refractivity contribution in [2.45, 2.75) is 19.3 Å². The van der Waals surface area contributed by atoms with Crippen LogP contribution in [0.4, 0.5) is 17.1 Å². The number of fused-ring (bicyclic) bond motifs is 13. The van der Waals surface area contributed by atoms with E-state index in [1.807, 2.05) is 12.1 Å². The van der Waals surface area contributed by atoms with Crippen molar-refractivity contribution in [1.82, 2.24) is 0 Å². The summed E-state index contributed by atoms with van der Waals surface area (Å²) in [7, 11) is 0. The Hall–Kier alpha value is -5.86. The third-order valence-electron chi connectivity index (χ3n) is 10.4. The van der Waals surface area contributed by atoms with Crippen LogP contribution in [0.25, 0.3) is 65.4 Å². The lowest BCUT2D eigenvalue weighted by Crippen LogP contribution is -2.17. The molecule has 0 spiro atoms. The molecule has 0 saturated heterocycles. The van der Waals surface area contributed by atoms with Crippen molar-refractivity contribution in [3.63, 3.8) is 0 Å². The molecule has 47 heavy (non-hydrogen) atoms. The highest BCUT2D eigenvalue weighted by atomic mass is 16.3. The average Bonchev–Trinajstić information content (AvgIpc) is 3.61. The molecule has 8 aromatic carbocycles. The fourth-order valence-corrected chi connectivity index (χ4v) is 8.35. The number of hydrogen-bond donors (Lipinski definition) is 0. The Morgan fingerprint density at radius 3 is 1.72 bits per heavy atom. The zero-order valence-electron chi connectivity index (χ0n) is 26.3. The SMILES string of the molecule is CC1(C)c2cc(N(c3ccccc3)c3ccc4oc5ccccc5c4c3)c3ccccc3c2-c2c1c1ccccc1c1ccccc21. The van der Waals surface area contributed by atoms with E-state index in [0.717, 1.165) is 33.3 Å². The molecule has 10 rings (SSSR count). The van der Waals surface area contributed by atoms with E-state index < -0.39 is 0 Å². The molecule has 1 aliphatic carbocycles. The highest BCUT2D eigenvalue weighted by molar-refractivity contribution is 6.22. The van der Waals surface area contributed by atoms with E-state index in [9.17, 15) is 0 Å². The summed E-state index contributed by atoms with van der Waals surface area (Å²) in [4.78, 5) is 2.43. The van der Waals surface area contributed by atoms with Gasteiger partial charge in [0.2, 0.25) is 0 Å². The summed E-state index contributed by atoms with van der Waals surface area (Å²) in [6.07, 6.45) is 0. The molecule has 0 radical (unpaired) electrons. The second-order valence-corrected chi connectivity index (χ2v) is 13.3. The number of nitrogens with zero attached hydrogens (tertiary/aromatic N) is 1. The van der Waals surface area contributed by atoms with Crippen molar-refractivity contribution in [3.05, 3.63) is 163 Å². The molecule has 0 fully saturated rings. The summed E-state index contributed by atoms with van der Waals surface area (Å²) in [6, 6.07) is 55.0. The number of benzene rings is 8. The fourth-order valence-electron chi connectivity index (χ4n) is 8.35. The number of rotatable bonds is 3. The molecule has 0 atom stereocenters. The molecule has 0 amide bonds. The van der Waals surface area contributed by atoms with E-state index in [4.69, 9.17) is 4.42 Å². The summed E-state index contributed by atoms with van der Waals surface area (Å²) in [6.45, 7) is 4.82. The number of furan rings is 1. The third kappa shape index (κ3) is 3.61. The Balaban J connectivity index is 1.32. The Morgan fingerprint density at radius 1 is 0.426 bits per heavy atom. The molecule has 1 aliphatic rings. The van der Waals surface area contributed by atoms with Gasteiger partial charge in [0.25, 0.3) is 0 Å². The van der Waals surface area contributed by atoms with Crippen LogP contribution in [0.1, 0.15) is 25.0 Å². The average molecular weight is 602 g/mol. The van der Waals surface area contributed by atoms with E-state index in [2.05, 4.69) is 158 Å². The largest absolute Gasteiger partial charge is 0.456 e. The van der Waals surface area contributed by atoms with Crippen LogP contribution in [0, 0.1) is 0 Å². The van der Waals surface area contributed by atoms with E-state index in [-0.39, 0.29) is 5.41 Å². The molecule has 2 nitrogen and oxygen atoms in total. The van der Waals surface area contributed by atoms with Crippen molar-refractivity contribution >= 4 is 71.3 Å². The van der Waals surface area contributed by atoms with Crippen LogP contribution in [0.5, 0.6) is 0 Å². The maximum absolute atomic E-state index is 6.24. The van der Waals surface area contributed by atoms with E-state index in [1.54, 1.807) is 0 Å². The second-order valence-electron chi connectivity index (χ2n) is 13.3. The molecular formula is C45H31NO. The minimum Gasteiger partial charge on any atom is -0.456 e. The number of para-hydroxylation sites is 2.